The van der Waals surface area contributed by atoms with Crippen LogP contribution in [0.25, 0.3) is 11.5 Å². The summed E-state index contributed by atoms with van der Waals surface area (Å²) in [4.78, 5) is 11.5. The van der Waals surface area contributed by atoms with Gasteiger partial charge >= 0.3 is 0 Å². The molecule has 146 valence electrons. The predicted molar refractivity (Wildman–Crippen MR) is 118 cm³/mol. The standard InChI is InChI=1S/C20H27N5O.HI/c1-21-20(22-11-15-9-10-25(13-15)18-7-8-18)23-12-17-14-26-19(24-17)16-5-3-2-4-6-16;/h2-6,14-15,18H,7-13H2,1H3,(H2,21,22,23);1H. The van der Waals surface area contributed by atoms with Gasteiger partial charge in [0.15, 0.2) is 5.96 Å². The number of oxazole rings is 1. The lowest BCUT2D eigenvalue weighted by Crippen LogP contribution is -2.40. The SMILES string of the molecule is CN=C(NCc1coc(-c2ccccc2)n1)NCC1CCN(C2CC2)C1.I. The fourth-order valence-electron chi connectivity index (χ4n) is 3.54. The molecule has 6 nitrogen and oxygen atoms in total. The van der Waals surface area contributed by atoms with Crippen molar-refractivity contribution < 1.29 is 4.42 Å². The molecule has 7 heteroatoms. The lowest BCUT2D eigenvalue weighted by Gasteiger charge is -2.16. The van der Waals surface area contributed by atoms with E-state index in [-0.39, 0.29) is 24.0 Å². The zero-order valence-corrected chi connectivity index (χ0v) is 18.1. The molecule has 1 aliphatic carbocycles. The molecule has 2 N–H and O–H groups in total. The number of hydrogen-bond donors (Lipinski definition) is 2. The molecule has 2 fully saturated rings. The second-order valence-electron chi connectivity index (χ2n) is 7.20. The third kappa shape index (κ3) is 5.44. The van der Waals surface area contributed by atoms with E-state index in [2.05, 4.69) is 25.5 Å². The van der Waals surface area contributed by atoms with Crippen molar-refractivity contribution in [1.29, 1.82) is 0 Å². The van der Waals surface area contributed by atoms with Gasteiger partial charge < -0.3 is 20.0 Å². The minimum Gasteiger partial charge on any atom is -0.444 e. The van der Waals surface area contributed by atoms with Crippen LogP contribution in [-0.4, -0.2) is 48.6 Å². The van der Waals surface area contributed by atoms with Gasteiger partial charge in [-0.1, -0.05) is 18.2 Å². The maximum atomic E-state index is 5.58. The number of rotatable bonds is 6. The Hall–Kier alpha value is -1.61. The van der Waals surface area contributed by atoms with Crippen LogP contribution in [0.1, 0.15) is 25.0 Å². The van der Waals surface area contributed by atoms with E-state index in [1.165, 1.54) is 32.4 Å². The molecular formula is C20H28IN5O. The molecule has 1 saturated heterocycles. The Morgan fingerprint density at radius 3 is 2.78 bits per heavy atom. The summed E-state index contributed by atoms with van der Waals surface area (Å²) < 4.78 is 5.58. The van der Waals surface area contributed by atoms with Gasteiger partial charge in [-0.3, -0.25) is 4.99 Å². The average molecular weight is 481 g/mol. The van der Waals surface area contributed by atoms with Crippen LogP contribution in [0.4, 0.5) is 0 Å². The number of benzene rings is 1. The monoisotopic (exact) mass is 481 g/mol. The van der Waals surface area contributed by atoms with Crippen molar-refractivity contribution in [3.05, 3.63) is 42.3 Å². The fourth-order valence-corrected chi connectivity index (χ4v) is 3.54. The van der Waals surface area contributed by atoms with Crippen molar-refractivity contribution in [1.82, 2.24) is 20.5 Å². The van der Waals surface area contributed by atoms with E-state index in [1.807, 2.05) is 30.3 Å². The zero-order valence-electron chi connectivity index (χ0n) is 15.7. The summed E-state index contributed by atoms with van der Waals surface area (Å²) >= 11 is 0. The molecule has 0 bridgehead atoms. The number of likely N-dealkylation sites (tertiary alicyclic amines) is 1. The summed E-state index contributed by atoms with van der Waals surface area (Å²) in [5, 5.41) is 6.78. The highest BCUT2D eigenvalue weighted by Crippen LogP contribution is 2.31. The summed E-state index contributed by atoms with van der Waals surface area (Å²) in [6, 6.07) is 10.8. The van der Waals surface area contributed by atoms with E-state index in [0.29, 0.717) is 18.4 Å². The van der Waals surface area contributed by atoms with Gasteiger partial charge in [0.1, 0.15) is 6.26 Å². The fraction of sp³-hybridized carbons (Fsp3) is 0.500. The van der Waals surface area contributed by atoms with Crippen molar-refractivity contribution in [2.75, 3.05) is 26.7 Å². The van der Waals surface area contributed by atoms with Crippen molar-refractivity contribution >= 4 is 29.9 Å². The molecule has 0 amide bonds. The van der Waals surface area contributed by atoms with Crippen LogP contribution in [0.3, 0.4) is 0 Å². The number of aliphatic imine (C=N–C) groups is 1. The van der Waals surface area contributed by atoms with Crippen molar-refractivity contribution in [3.63, 3.8) is 0 Å². The molecule has 1 aromatic carbocycles. The summed E-state index contributed by atoms with van der Waals surface area (Å²) in [6.07, 6.45) is 5.77. The van der Waals surface area contributed by atoms with Crippen molar-refractivity contribution in [2.45, 2.75) is 31.8 Å². The normalized spacial score (nSPS) is 20.3. The molecule has 1 aliphatic heterocycles. The first kappa shape index (κ1) is 20.1. The third-order valence-electron chi connectivity index (χ3n) is 5.17. The van der Waals surface area contributed by atoms with E-state index >= 15 is 0 Å². The van der Waals surface area contributed by atoms with Crippen LogP contribution in [-0.2, 0) is 6.54 Å². The molecule has 2 aliphatic rings. The number of nitrogens with one attached hydrogen (secondary N) is 2. The van der Waals surface area contributed by atoms with Gasteiger partial charge in [0.2, 0.25) is 5.89 Å². The van der Waals surface area contributed by atoms with Crippen LogP contribution in [0.15, 0.2) is 46.0 Å². The van der Waals surface area contributed by atoms with Crippen LogP contribution < -0.4 is 10.6 Å². The largest absolute Gasteiger partial charge is 0.444 e. The first-order valence-corrected chi connectivity index (χ1v) is 9.50. The van der Waals surface area contributed by atoms with E-state index in [0.717, 1.165) is 29.8 Å². The van der Waals surface area contributed by atoms with Crippen molar-refractivity contribution in [3.8, 4) is 11.5 Å². The molecule has 27 heavy (non-hydrogen) atoms. The molecule has 1 atom stereocenters. The molecule has 1 unspecified atom stereocenters. The van der Waals surface area contributed by atoms with E-state index in [1.54, 1.807) is 13.3 Å². The van der Waals surface area contributed by atoms with Gasteiger partial charge in [0.05, 0.1) is 12.2 Å². The maximum Gasteiger partial charge on any atom is 0.226 e. The Kier molecular flexibility index (Phi) is 7.12. The minimum absolute atomic E-state index is 0. The number of aromatic nitrogens is 1. The molecule has 2 aromatic rings. The molecule has 0 radical (unpaired) electrons. The zero-order chi connectivity index (χ0) is 17.8. The quantitative estimate of drug-likeness (QED) is 0.377. The number of nitrogens with zero attached hydrogens (tertiary/aromatic N) is 3. The van der Waals surface area contributed by atoms with E-state index < -0.39 is 0 Å². The Morgan fingerprint density at radius 1 is 1.22 bits per heavy atom. The van der Waals surface area contributed by atoms with Crippen molar-refractivity contribution in [2.24, 2.45) is 10.9 Å². The highest BCUT2D eigenvalue weighted by molar-refractivity contribution is 14.0. The lowest BCUT2D eigenvalue weighted by molar-refractivity contribution is 0.314. The summed E-state index contributed by atoms with van der Waals surface area (Å²) in [7, 11) is 1.80. The Balaban J connectivity index is 0.00000210. The lowest BCUT2D eigenvalue weighted by atomic mass is 10.1. The highest BCUT2D eigenvalue weighted by Gasteiger charge is 2.34. The van der Waals surface area contributed by atoms with Crippen LogP contribution in [0, 0.1) is 5.92 Å². The summed E-state index contributed by atoms with van der Waals surface area (Å²) in [5.74, 6) is 2.18. The van der Waals surface area contributed by atoms with Gasteiger partial charge in [-0.05, 0) is 43.9 Å². The smallest absolute Gasteiger partial charge is 0.226 e. The first-order valence-electron chi connectivity index (χ1n) is 9.50. The summed E-state index contributed by atoms with van der Waals surface area (Å²) in [5.41, 5.74) is 1.86. The highest BCUT2D eigenvalue weighted by atomic mass is 127. The Morgan fingerprint density at radius 2 is 2.04 bits per heavy atom. The van der Waals surface area contributed by atoms with Gasteiger partial charge in [-0.25, -0.2) is 4.98 Å². The second-order valence-corrected chi connectivity index (χ2v) is 7.20. The van der Waals surface area contributed by atoms with Gasteiger partial charge in [0, 0.05) is 31.7 Å². The molecule has 0 spiro atoms. The topological polar surface area (TPSA) is 65.7 Å². The van der Waals surface area contributed by atoms with Gasteiger partial charge in [0.25, 0.3) is 0 Å². The molecular weight excluding hydrogens is 453 g/mol. The van der Waals surface area contributed by atoms with Gasteiger partial charge in [-0.2, -0.15) is 0 Å². The molecule has 1 saturated carbocycles. The van der Waals surface area contributed by atoms with Crippen LogP contribution in [0.5, 0.6) is 0 Å². The number of halogens is 1. The Bertz CT molecular complexity index is 744. The van der Waals surface area contributed by atoms with Crippen LogP contribution >= 0.6 is 24.0 Å². The molecule has 1 aromatic heterocycles. The maximum absolute atomic E-state index is 5.58. The second kappa shape index (κ2) is 9.54. The Labute approximate surface area is 177 Å². The number of hydrogen-bond acceptors (Lipinski definition) is 4. The van der Waals surface area contributed by atoms with E-state index in [4.69, 9.17) is 4.42 Å². The predicted octanol–water partition coefficient (Wildman–Crippen LogP) is 3.11. The summed E-state index contributed by atoms with van der Waals surface area (Å²) in [6.45, 7) is 4.04. The third-order valence-corrected chi connectivity index (χ3v) is 5.17. The molecule has 4 rings (SSSR count). The minimum atomic E-state index is 0. The molecule has 2 heterocycles. The first-order chi connectivity index (χ1) is 12.8. The van der Waals surface area contributed by atoms with E-state index in [9.17, 15) is 0 Å². The van der Waals surface area contributed by atoms with Crippen LogP contribution in [0.2, 0.25) is 0 Å². The number of guanidine groups is 1. The van der Waals surface area contributed by atoms with Gasteiger partial charge in [-0.15, -0.1) is 24.0 Å². The average Bonchev–Trinajstić information content (AvgIpc) is 3.24.